The van der Waals surface area contributed by atoms with Crippen molar-refractivity contribution in [3.05, 3.63) is 42.0 Å². The molecule has 0 aliphatic heterocycles. The zero-order chi connectivity index (χ0) is 16.7. The molecule has 7 nitrogen and oxygen atoms in total. The van der Waals surface area contributed by atoms with Gasteiger partial charge in [-0.1, -0.05) is 0 Å². The minimum atomic E-state index is -0.250. The number of rotatable bonds is 7. The van der Waals surface area contributed by atoms with Crippen LogP contribution in [0.25, 0.3) is 0 Å². The molecular weight excluding hydrogens is 298 g/mol. The Morgan fingerprint density at radius 3 is 2.35 bits per heavy atom. The smallest absolute Gasteiger partial charge is 0.255 e. The minimum absolute atomic E-state index is 0.250. The number of methoxy groups -OCH3 is 3. The third kappa shape index (κ3) is 3.88. The lowest BCUT2D eigenvalue weighted by atomic mass is 10.1. The van der Waals surface area contributed by atoms with Gasteiger partial charge in [-0.25, -0.2) is 9.97 Å². The molecule has 1 amide bonds. The van der Waals surface area contributed by atoms with Crippen molar-refractivity contribution in [2.45, 2.75) is 6.42 Å². The lowest BCUT2D eigenvalue weighted by molar-refractivity contribution is 0.0950. The van der Waals surface area contributed by atoms with Crippen molar-refractivity contribution in [1.29, 1.82) is 0 Å². The van der Waals surface area contributed by atoms with Crippen LogP contribution in [0.2, 0.25) is 0 Å². The van der Waals surface area contributed by atoms with Crippen LogP contribution >= 0.6 is 0 Å². The van der Waals surface area contributed by atoms with Gasteiger partial charge in [-0.15, -0.1) is 0 Å². The van der Waals surface area contributed by atoms with E-state index >= 15 is 0 Å². The van der Waals surface area contributed by atoms with Gasteiger partial charge in [0.25, 0.3) is 5.91 Å². The van der Waals surface area contributed by atoms with E-state index in [2.05, 4.69) is 15.3 Å². The summed E-state index contributed by atoms with van der Waals surface area (Å²) in [6.07, 6.45) is 5.55. The molecule has 0 aliphatic rings. The summed E-state index contributed by atoms with van der Waals surface area (Å²) >= 11 is 0. The van der Waals surface area contributed by atoms with Crippen LogP contribution < -0.4 is 19.5 Å². The standard InChI is InChI=1S/C16H19N3O4/c1-21-13-5-4-12(14(22-2)15(13)23-3)16(20)19-7-6-11-8-17-10-18-9-11/h4-5,8-10H,6-7H2,1-3H3,(H,19,20). The van der Waals surface area contributed by atoms with Crippen LogP contribution in [-0.4, -0.2) is 43.7 Å². The zero-order valence-corrected chi connectivity index (χ0v) is 13.3. The first-order valence-corrected chi connectivity index (χ1v) is 7.02. The van der Waals surface area contributed by atoms with Crippen LogP contribution in [0.15, 0.2) is 30.9 Å². The number of nitrogens with zero attached hydrogens (tertiary/aromatic N) is 2. The number of ether oxygens (including phenoxy) is 3. The highest BCUT2D eigenvalue weighted by Gasteiger charge is 2.20. The predicted molar refractivity (Wildman–Crippen MR) is 84.2 cm³/mol. The number of benzene rings is 1. The van der Waals surface area contributed by atoms with Gasteiger partial charge in [0.2, 0.25) is 5.75 Å². The van der Waals surface area contributed by atoms with Crippen molar-refractivity contribution in [3.63, 3.8) is 0 Å². The molecule has 0 fully saturated rings. The summed E-state index contributed by atoms with van der Waals surface area (Å²) in [5.41, 5.74) is 1.33. The average Bonchev–Trinajstić information content (AvgIpc) is 2.60. The molecule has 0 bridgehead atoms. The number of nitrogens with one attached hydrogen (secondary N) is 1. The highest BCUT2D eigenvalue weighted by molar-refractivity contribution is 5.98. The summed E-state index contributed by atoms with van der Waals surface area (Å²) in [5.74, 6) is 0.980. The Balaban J connectivity index is 2.09. The molecule has 2 rings (SSSR count). The molecule has 0 aliphatic carbocycles. The second-order valence-electron chi connectivity index (χ2n) is 4.63. The molecule has 0 saturated heterocycles. The van der Waals surface area contributed by atoms with Gasteiger partial charge < -0.3 is 19.5 Å². The van der Waals surface area contributed by atoms with Crippen LogP contribution in [-0.2, 0) is 6.42 Å². The fourth-order valence-electron chi connectivity index (χ4n) is 2.15. The summed E-state index contributed by atoms with van der Waals surface area (Å²) in [4.78, 5) is 20.2. The number of amides is 1. The summed E-state index contributed by atoms with van der Waals surface area (Å²) in [5, 5.41) is 2.84. The van der Waals surface area contributed by atoms with Gasteiger partial charge in [0.15, 0.2) is 11.5 Å². The topological polar surface area (TPSA) is 82.6 Å². The Labute approximate surface area is 134 Å². The highest BCUT2D eigenvalue weighted by Crippen LogP contribution is 2.39. The van der Waals surface area contributed by atoms with Crippen molar-refractivity contribution < 1.29 is 19.0 Å². The van der Waals surface area contributed by atoms with Gasteiger partial charge in [-0.05, 0) is 24.1 Å². The number of carbonyl (C=O) groups excluding carboxylic acids is 1. The fourth-order valence-corrected chi connectivity index (χ4v) is 2.15. The minimum Gasteiger partial charge on any atom is -0.493 e. The van der Waals surface area contributed by atoms with E-state index in [0.29, 0.717) is 35.8 Å². The first kappa shape index (κ1) is 16.5. The van der Waals surface area contributed by atoms with Crippen LogP contribution in [0, 0.1) is 0 Å². The number of aromatic nitrogens is 2. The molecule has 7 heteroatoms. The zero-order valence-electron chi connectivity index (χ0n) is 13.3. The molecule has 0 unspecified atom stereocenters. The van der Waals surface area contributed by atoms with Crippen LogP contribution in [0.3, 0.4) is 0 Å². The van der Waals surface area contributed by atoms with E-state index in [4.69, 9.17) is 14.2 Å². The van der Waals surface area contributed by atoms with E-state index in [9.17, 15) is 4.79 Å². The lowest BCUT2D eigenvalue weighted by Gasteiger charge is -2.15. The Hall–Kier alpha value is -2.83. The number of carbonyl (C=O) groups is 1. The maximum Gasteiger partial charge on any atom is 0.255 e. The molecule has 1 heterocycles. The van der Waals surface area contributed by atoms with E-state index in [0.717, 1.165) is 5.56 Å². The normalized spacial score (nSPS) is 10.0. The second-order valence-corrected chi connectivity index (χ2v) is 4.63. The van der Waals surface area contributed by atoms with Crippen molar-refractivity contribution in [2.24, 2.45) is 0 Å². The highest BCUT2D eigenvalue weighted by atomic mass is 16.5. The maximum atomic E-state index is 12.4. The SMILES string of the molecule is COc1ccc(C(=O)NCCc2cncnc2)c(OC)c1OC. The van der Waals surface area contributed by atoms with Gasteiger partial charge in [-0.2, -0.15) is 0 Å². The molecule has 23 heavy (non-hydrogen) atoms. The van der Waals surface area contributed by atoms with Crippen LogP contribution in [0.4, 0.5) is 0 Å². The van der Waals surface area contributed by atoms with Crippen LogP contribution in [0.5, 0.6) is 17.2 Å². The summed E-state index contributed by atoms with van der Waals surface area (Å²) in [6, 6.07) is 3.31. The monoisotopic (exact) mass is 317 g/mol. The Bertz CT molecular complexity index is 662. The third-order valence-electron chi connectivity index (χ3n) is 3.26. The Kier molecular flexibility index (Phi) is 5.74. The molecule has 2 aromatic rings. The van der Waals surface area contributed by atoms with E-state index < -0.39 is 0 Å². The second kappa shape index (κ2) is 7.98. The molecule has 122 valence electrons. The number of hydrogen-bond acceptors (Lipinski definition) is 6. The summed E-state index contributed by atoms with van der Waals surface area (Å²) < 4.78 is 15.8. The lowest BCUT2D eigenvalue weighted by Crippen LogP contribution is -2.26. The molecular formula is C16H19N3O4. The van der Waals surface area contributed by atoms with Gasteiger partial charge in [0.1, 0.15) is 6.33 Å². The first-order chi connectivity index (χ1) is 11.2. The van der Waals surface area contributed by atoms with Crippen molar-refractivity contribution in [1.82, 2.24) is 15.3 Å². The third-order valence-corrected chi connectivity index (χ3v) is 3.26. The maximum absolute atomic E-state index is 12.4. The van der Waals surface area contributed by atoms with Crippen molar-refractivity contribution >= 4 is 5.91 Å². The molecule has 1 aromatic carbocycles. The Morgan fingerprint density at radius 1 is 1.04 bits per heavy atom. The van der Waals surface area contributed by atoms with Gasteiger partial charge >= 0.3 is 0 Å². The largest absolute Gasteiger partial charge is 0.493 e. The molecule has 0 atom stereocenters. The van der Waals surface area contributed by atoms with Gasteiger partial charge in [0.05, 0.1) is 26.9 Å². The Morgan fingerprint density at radius 2 is 1.74 bits per heavy atom. The summed E-state index contributed by atoms with van der Waals surface area (Å²) in [6.45, 7) is 0.462. The molecule has 0 saturated carbocycles. The van der Waals surface area contributed by atoms with Crippen LogP contribution in [0.1, 0.15) is 15.9 Å². The average molecular weight is 317 g/mol. The van der Waals surface area contributed by atoms with Gasteiger partial charge in [0, 0.05) is 18.9 Å². The first-order valence-electron chi connectivity index (χ1n) is 7.02. The van der Waals surface area contributed by atoms with Gasteiger partial charge in [-0.3, -0.25) is 4.79 Å². The fraction of sp³-hybridized carbons (Fsp3) is 0.312. The van der Waals surface area contributed by atoms with E-state index in [1.807, 2.05) is 0 Å². The molecule has 1 N–H and O–H groups in total. The van der Waals surface area contributed by atoms with Crippen molar-refractivity contribution in [3.8, 4) is 17.2 Å². The van der Waals surface area contributed by atoms with Crippen molar-refractivity contribution in [2.75, 3.05) is 27.9 Å². The predicted octanol–water partition coefficient (Wildman–Crippen LogP) is 1.47. The summed E-state index contributed by atoms with van der Waals surface area (Å²) in [7, 11) is 4.51. The van der Waals surface area contributed by atoms with E-state index in [-0.39, 0.29) is 5.91 Å². The quantitative estimate of drug-likeness (QED) is 0.833. The molecule has 0 spiro atoms. The molecule has 0 radical (unpaired) electrons. The van der Waals surface area contributed by atoms with E-state index in [1.54, 1.807) is 24.5 Å². The van der Waals surface area contributed by atoms with E-state index in [1.165, 1.54) is 27.7 Å². The molecule has 1 aromatic heterocycles. The number of hydrogen-bond donors (Lipinski definition) is 1.